The molecular weight excluding hydrogens is 404 g/mol. The zero-order valence-electron chi connectivity index (χ0n) is 18.9. The minimum Gasteiger partial charge on any atom is -0.507 e. The van der Waals surface area contributed by atoms with Crippen LogP contribution in [0.25, 0.3) is 16.7 Å². The molecule has 1 fully saturated rings. The number of rotatable bonds is 6. The summed E-state index contributed by atoms with van der Waals surface area (Å²) in [5.41, 5.74) is 4.10. The normalized spacial score (nSPS) is 18.0. The van der Waals surface area contributed by atoms with Gasteiger partial charge in [-0.05, 0) is 50.1 Å². The zero-order chi connectivity index (χ0) is 23.0. The molecule has 166 valence electrons. The number of carbonyl (C=O) groups is 2. The molecule has 2 N–H and O–H groups in total. The summed E-state index contributed by atoms with van der Waals surface area (Å²) in [6.45, 7) is 6.30. The second kappa shape index (κ2) is 8.54. The first-order valence-electron chi connectivity index (χ1n) is 10.9. The monoisotopic (exact) mass is 432 g/mol. The third-order valence-corrected chi connectivity index (χ3v) is 6.18. The minimum atomic E-state index is -0.653. The Hall–Kier alpha value is -3.54. The third kappa shape index (κ3) is 3.45. The lowest BCUT2D eigenvalue weighted by molar-refractivity contribution is -0.139. The number of amides is 1. The van der Waals surface area contributed by atoms with E-state index in [0.29, 0.717) is 17.9 Å². The van der Waals surface area contributed by atoms with Gasteiger partial charge in [0.05, 0.1) is 18.7 Å². The quantitative estimate of drug-likeness (QED) is 0.326. The van der Waals surface area contributed by atoms with Gasteiger partial charge in [-0.15, -0.1) is 0 Å². The number of ketones is 1. The fraction of sp³-hybridized carbons (Fsp3) is 0.308. The van der Waals surface area contributed by atoms with Gasteiger partial charge in [0.1, 0.15) is 11.5 Å². The van der Waals surface area contributed by atoms with Crippen molar-refractivity contribution in [3.05, 3.63) is 70.4 Å². The lowest BCUT2D eigenvalue weighted by Crippen LogP contribution is -2.30. The van der Waals surface area contributed by atoms with Crippen LogP contribution < -0.4 is 4.74 Å². The predicted octanol–water partition coefficient (Wildman–Crippen LogP) is 5.02. The maximum atomic E-state index is 13.2. The van der Waals surface area contributed by atoms with Gasteiger partial charge in [-0.25, -0.2) is 0 Å². The van der Waals surface area contributed by atoms with E-state index in [1.165, 1.54) is 0 Å². The number of carbonyl (C=O) groups excluding carboxylic acids is 2. The fourth-order valence-electron chi connectivity index (χ4n) is 4.57. The summed E-state index contributed by atoms with van der Waals surface area (Å²) in [4.78, 5) is 31.3. The Labute approximate surface area is 187 Å². The first-order chi connectivity index (χ1) is 15.4. The molecule has 0 saturated carbocycles. The lowest BCUT2D eigenvalue weighted by Gasteiger charge is -2.25. The topological polar surface area (TPSA) is 82.6 Å². The molecule has 0 spiro atoms. The van der Waals surface area contributed by atoms with Gasteiger partial charge in [0.25, 0.3) is 11.7 Å². The molecule has 1 aromatic heterocycles. The number of para-hydroxylation sites is 1. The number of fused-ring (bicyclic) bond motifs is 1. The molecule has 2 aromatic carbocycles. The second-order valence-corrected chi connectivity index (χ2v) is 8.24. The van der Waals surface area contributed by atoms with E-state index < -0.39 is 17.7 Å². The Balaban J connectivity index is 1.95. The molecule has 6 nitrogen and oxygen atoms in total. The van der Waals surface area contributed by atoms with Crippen molar-refractivity contribution in [1.29, 1.82) is 0 Å². The van der Waals surface area contributed by atoms with Crippen LogP contribution in [0.5, 0.6) is 5.75 Å². The van der Waals surface area contributed by atoms with Crippen LogP contribution in [0, 0.1) is 13.8 Å². The first-order valence-corrected chi connectivity index (χ1v) is 10.9. The van der Waals surface area contributed by atoms with Crippen LogP contribution in [0.3, 0.4) is 0 Å². The molecule has 3 aromatic rings. The Kier molecular flexibility index (Phi) is 5.78. The van der Waals surface area contributed by atoms with E-state index in [4.69, 9.17) is 4.74 Å². The fourth-order valence-corrected chi connectivity index (χ4v) is 4.57. The maximum absolute atomic E-state index is 13.2. The molecule has 1 aliphatic heterocycles. The van der Waals surface area contributed by atoms with Crippen LogP contribution in [-0.4, -0.2) is 40.3 Å². The number of aliphatic hydroxyl groups excluding tert-OH is 1. The number of aromatic amines is 1. The smallest absolute Gasteiger partial charge is 0.295 e. The number of H-pyrrole nitrogens is 1. The lowest BCUT2D eigenvalue weighted by atomic mass is 9.93. The average Bonchev–Trinajstić information content (AvgIpc) is 3.24. The van der Waals surface area contributed by atoms with E-state index in [-0.39, 0.29) is 11.3 Å². The number of unbranched alkanes of at least 4 members (excludes halogenated alkanes) is 1. The highest BCUT2D eigenvalue weighted by Gasteiger charge is 2.47. The predicted molar refractivity (Wildman–Crippen MR) is 125 cm³/mol. The van der Waals surface area contributed by atoms with Gasteiger partial charge >= 0.3 is 0 Å². The number of nitrogens with one attached hydrogen (secondary N) is 1. The van der Waals surface area contributed by atoms with Crippen LogP contribution >= 0.6 is 0 Å². The summed E-state index contributed by atoms with van der Waals surface area (Å²) in [5.74, 6) is -0.696. The number of Topliss-reactive ketones (excluding diaryl/α,β-unsaturated/α-hetero) is 1. The Morgan fingerprint density at radius 1 is 1.16 bits per heavy atom. The summed E-state index contributed by atoms with van der Waals surface area (Å²) in [6.07, 6.45) is 1.66. The summed E-state index contributed by atoms with van der Waals surface area (Å²) < 4.78 is 5.32. The highest BCUT2D eigenvalue weighted by Crippen LogP contribution is 2.43. The highest BCUT2D eigenvalue weighted by atomic mass is 16.5. The van der Waals surface area contributed by atoms with Crippen LogP contribution in [0.15, 0.2) is 48.0 Å². The third-order valence-electron chi connectivity index (χ3n) is 6.18. The van der Waals surface area contributed by atoms with Gasteiger partial charge < -0.3 is 19.7 Å². The van der Waals surface area contributed by atoms with E-state index in [0.717, 1.165) is 40.6 Å². The van der Waals surface area contributed by atoms with Crippen LogP contribution in [-0.2, 0) is 9.59 Å². The number of methoxy groups -OCH3 is 1. The Morgan fingerprint density at radius 3 is 2.59 bits per heavy atom. The van der Waals surface area contributed by atoms with E-state index in [9.17, 15) is 14.7 Å². The molecule has 1 unspecified atom stereocenters. The number of nitrogens with zero attached hydrogens (tertiary/aromatic N) is 1. The number of ether oxygens (including phenoxy) is 1. The van der Waals surface area contributed by atoms with Crippen molar-refractivity contribution in [3.8, 4) is 5.75 Å². The standard InChI is InChI=1S/C26H28N2O4/c1-5-6-13-28-23(21-16(3)27-19-10-8-7-9-18(19)21)22(25(30)26(28)31)24(29)17-11-12-20(32-4)15(2)14-17/h7-12,14,23,27,29H,5-6,13H2,1-4H3/b24-22+. The van der Waals surface area contributed by atoms with Crippen LogP contribution in [0.4, 0.5) is 0 Å². The van der Waals surface area contributed by atoms with Gasteiger partial charge in [-0.3, -0.25) is 9.59 Å². The van der Waals surface area contributed by atoms with E-state index in [1.54, 1.807) is 30.2 Å². The van der Waals surface area contributed by atoms with Crippen molar-refractivity contribution in [2.45, 2.75) is 39.7 Å². The molecule has 2 heterocycles. The summed E-state index contributed by atoms with van der Waals surface area (Å²) in [6, 6.07) is 12.4. The van der Waals surface area contributed by atoms with Gasteiger partial charge in [-0.1, -0.05) is 31.5 Å². The van der Waals surface area contributed by atoms with Crippen molar-refractivity contribution < 1.29 is 19.4 Å². The van der Waals surface area contributed by atoms with E-state index in [2.05, 4.69) is 4.98 Å². The van der Waals surface area contributed by atoms with Crippen molar-refractivity contribution in [1.82, 2.24) is 9.88 Å². The molecule has 32 heavy (non-hydrogen) atoms. The van der Waals surface area contributed by atoms with Gasteiger partial charge in [-0.2, -0.15) is 0 Å². The van der Waals surface area contributed by atoms with Gasteiger partial charge in [0.15, 0.2) is 0 Å². The number of hydrogen-bond acceptors (Lipinski definition) is 4. The number of benzene rings is 2. The van der Waals surface area contributed by atoms with Crippen molar-refractivity contribution in [2.75, 3.05) is 13.7 Å². The Bertz CT molecular complexity index is 1240. The largest absolute Gasteiger partial charge is 0.507 e. The van der Waals surface area contributed by atoms with E-state index in [1.807, 2.05) is 45.0 Å². The molecule has 1 saturated heterocycles. The van der Waals surface area contributed by atoms with Gasteiger partial charge in [0, 0.05) is 34.3 Å². The molecule has 1 atom stereocenters. The SMILES string of the molecule is CCCCN1C(=O)C(=O)/C(=C(/O)c2ccc(OC)c(C)c2)C1c1c(C)[nH]c2ccccc12. The van der Waals surface area contributed by atoms with Crippen molar-refractivity contribution in [3.63, 3.8) is 0 Å². The maximum Gasteiger partial charge on any atom is 0.295 e. The zero-order valence-corrected chi connectivity index (χ0v) is 18.9. The molecule has 0 bridgehead atoms. The number of hydrogen-bond donors (Lipinski definition) is 2. The van der Waals surface area contributed by atoms with Crippen LogP contribution in [0.1, 0.15) is 48.2 Å². The minimum absolute atomic E-state index is 0.128. The number of aromatic nitrogens is 1. The first kappa shape index (κ1) is 21.7. The average molecular weight is 433 g/mol. The molecule has 6 heteroatoms. The van der Waals surface area contributed by atoms with Gasteiger partial charge in [0.2, 0.25) is 0 Å². The number of likely N-dealkylation sites (tertiary alicyclic amines) is 1. The summed E-state index contributed by atoms with van der Waals surface area (Å²) in [7, 11) is 1.58. The molecule has 1 aliphatic rings. The molecule has 0 aliphatic carbocycles. The van der Waals surface area contributed by atoms with E-state index >= 15 is 0 Å². The van der Waals surface area contributed by atoms with Crippen molar-refractivity contribution >= 4 is 28.4 Å². The summed E-state index contributed by atoms with van der Waals surface area (Å²) in [5, 5.41) is 12.2. The summed E-state index contributed by atoms with van der Waals surface area (Å²) >= 11 is 0. The highest BCUT2D eigenvalue weighted by molar-refractivity contribution is 6.46. The number of aliphatic hydroxyl groups is 1. The molecule has 0 radical (unpaired) electrons. The second-order valence-electron chi connectivity index (χ2n) is 8.24. The van der Waals surface area contributed by atoms with Crippen molar-refractivity contribution in [2.24, 2.45) is 0 Å². The molecule has 1 amide bonds. The Morgan fingerprint density at radius 2 is 1.91 bits per heavy atom. The van der Waals surface area contributed by atoms with Crippen LogP contribution in [0.2, 0.25) is 0 Å². The molecule has 4 rings (SSSR count). The molecular formula is C26H28N2O4. The number of aryl methyl sites for hydroxylation is 2.